The summed E-state index contributed by atoms with van der Waals surface area (Å²) in [6, 6.07) is 19.0. The van der Waals surface area contributed by atoms with Gasteiger partial charge in [-0.25, -0.2) is 4.79 Å². The van der Waals surface area contributed by atoms with Crippen molar-refractivity contribution in [3.8, 4) is 17.2 Å². The smallest absolute Gasteiger partial charge is 0.332 e. The van der Waals surface area contributed by atoms with Gasteiger partial charge in [0.15, 0.2) is 11.5 Å². The lowest BCUT2D eigenvalue weighted by molar-refractivity contribution is -0.116. The Labute approximate surface area is 216 Å². The Bertz CT molecular complexity index is 1760. The Morgan fingerprint density at radius 1 is 0.868 bits per heavy atom. The highest BCUT2D eigenvalue weighted by molar-refractivity contribution is 6.03. The number of nitrogens with one attached hydrogen (secondary N) is 1. The fourth-order valence-corrected chi connectivity index (χ4v) is 4.35. The number of para-hydroxylation sites is 1. The van der Waals surface area contributed by atoms with E-state index in [9.17, 15) is 14.4 Å². The van der Waals surface area contributed by atoms with Gasteiger partial charge in [0.05, 0.1) is 27.9 Å². The molecule has 0 bridgehead atoms. The van der Waals surface area contributed by atoms with Gasteiger partial charge in [-0.1, -0.05) is 24.3 Å². The van der Waals surface area contributed by atoms with E-state index < -0.39 is 17.2 Å². The highest BCUT2D eigenvalue weighted by Crippen LogP contribution is 2.30. The molecule has 2 aromatic heterocycles. The molecule has 0 unspecified atom stereocenters. The molecular weight excluding hydrogens is 490 g/mol. The highest BCUT2D eigenvalue weighted by Gasteiger charge is 2.21. The fraction of sp³-hybridized carbons (Fsp3) is 0.179. The summed E-state index contributed by atoms with van der Waals surface area (Å²) in [4.78, 5) is 40.2. The zero-order valence-electron chi connectivity index (χ0n) is 21.0. The minimum absolute atomic E-state index is 0.00164. The lowest BCUT2D eigenvalue weighted by Gasteiger charge is -2.13. The van der Waals surface area contributed by atoms with Crippen molar-refractivity contribution in [2.45, 2.75) is 13.1 Å². The van der Waals surface area contributed by atoms with Gasteiger partial charge in [-0.05, 0) is 42.0 Å². The van der Waals surface area contributed by atoms with Crippen molar-refractivity contribution in [3.63, 3.8) is 0 Å². The maximum absolute atomic E-state index is 13.7. The molecule has 5 rings (SSSR count). The van der Waals surface area contributed by atoms with E-state index in [2.05, 4.69) is 5.32 Å². The summed E-state index contributed by atoms with van der Waals surface area (Å²) in [6.45, 7) is -0.359. The Kier molecular flexibility index (Phi) is 6.61. The summed E-state index contributed by atoms with van der Waals surface area (Å²) in [5.74, 6) is 1.14. The van der Waals surface area contributed by atoms with Crippen molar-refractivity contribution in [2.75, 3.05) is 26.6 Å². The molecule has 0 saturated heterocycles. The van der Waals surface area contributed by atoms with Gasteiger partial charge in [-0.15, -0.1) is 0 Å². The molecule has 1 N–H and O–H groups in total. The Hall–Kier alpha value is -4.99. The van der Waals surface area contributed by atoms with Gasteiger partial charge in [0.2, 0.25) is 11.5 Å². The second kappa shape index (κ2) is 10.2. The fourth-order valence-electron chi connectivity index (χ4n) is 4.35. The maximum Gasteiger partial charge on any atom is 0.332 e. The SMILES string of the molecule is COc1ccc(Cn2c(=O)c3oc4ccccc4c3n(CC(=O)Nc3ccc(OC)c(OC)c3)c2=O)cc1. The lowest BCUT2D eigenvalue weighted by Crippen LogP contribution is -2.41. The largest absolute Gasteiger partial charge is 0.497 e. The molecule has 0 spiro atoms. The van der Waals surface area contributed by atoms with Crippen LogP contribution in [-0.2, 0) is 17.9 Å². The number of carbonyl (C=O) groups is 1. The zero-order chi connectivity index (χ0) is 26.8. The third-order valence-electron chi connectivity index (χ3n) is 6.21. The van der Waals surface area contributed by atoms with Gasteiger partial charge in [0.1, 0.15) is 23.4 Å². The third kappa shape index (κ3) is 4.47. The van der Waals surface area contributed by atoms with Crippen molar-refractivity contribution in [1.29, 1.82) is 0 Å². The first-order valence-corrected chi connectivity index (χ1v) is 11.7. The second-order valence-corrected chi connectivity index (χ2v) is 8.50. The van der Waals surface area contributed by atoms with Crippen LogP contribution < -0.4 is 30.8 Å². The van der Waals surface area contributed by atoms with E-state index in [1.807, 2.05) is 0 Å². The van der Waals surface area contributed by atoms with Crippen LogP contribution in [0.25, 0.3) is 22.1 Å². The number of rotatable bonds is 8. The van der Waals surface area contributed by atoms with Gasteiger partial charge in [0.25, 0.3) is 5.56 Å². The Balaban J connectivity index is 1.58. The van der Waals surface area contributed by atoms with Crippen LogP contribution in [0.2, 0.25) is 0 Å². The molecule has 5 aromatic rings. The first-order chi connectivity index (χ1) is 18.4. The summed E-state index contributed by atoms with van der Waals surface area (Å²) in [5.41, 5.74) is 0.667. The first-order valence-electron chi connectivity index (χ1n) is 11.7. The number of anilines is 1. The molecule has 2 heterocycles. The maximum atomic E-state index is 13.7. The number of methoxy groups -OCH3 is 3. The van der Waals surface area contributed by atoms with E-state index >= 15 is 0 Å². The third-order valence-corrected chi connectivity index (χ3v) is 6.21. The van der Waals surface area contributed by atoms with E-state index in [0.717, 1.165) is 4.57 Å². The Morgan fingerprint density at radius 3 is 2.32 bits per heavy atom. The summed E-state index contributed by atoms with van der Waals surface area (Å²) >= 11 is 0. The number of benzene rings is 3. The average Bonchev–Trinajstić information content (AvgIpc) is 3.33. The number of fused-ring (bicyclic) bond motifs is 3. The Morgan fingerprint density at radius 2 is 1.61 bits per heavy atom. The van der Waals surface area contributed by atoms with Crippen LogP contribution in [0.4, 0.5) is 5.69 Å². The van der Waals surface area contributed by atoms with Crippen LogP contribution in [0.5, 0.6) is 17.2 Å². The van der Waals surface area contributed by atoms with Crippen LogP contribution in [-0.4, -0.2) is 36.4 Å². The number of hydrogen-bond acceptors (Lipinski definition) is 7. The molecule has 1 amide bonds. The minimum atomic E-state index is -0.632. The number of aromatic nitrogens is 2. The van der Waals surface area contributed by atoms with Crippen molar-refractivity contribution in [1.82, 2.24) is 9.13 Å². The molecule has 10 nitrogen and oxygen atoms in total. The first kappa shape index (κ1) is 24.7. The molecule has 38 heavy (non-hydrogen) atoms. The highest BCUT2D eigenvalue weighted by atomic mass is 16.5. The molecule has 3 aromatic carbocycles. The van der Waals surface area contributed by atoms with Gasteiger partial charge in [0, 0.05) is 17.1 Å². The van der Waals surface area contributed by atoms with Crippen molar-refractivity contribution < 1.29 is 23.4 Å². The normalized spacial score (nSPS) is 11.0. The van der Waals surface area contributed by atoms with E-state index in [1.54, 1.807) is 73.8 Å². The molecule has 10 heteroatoms. The van der Waals surface area contributed by atoms with E-state index in [1.165, 1.54) is 18.8 Å². The lowest BCUT2D eigenvalue weighted by atomic mass is 10.2. The number of nitrogens with zero attached hydrogens (tertiary/aromatic N) is 2. The van der Waals surface area contributed by atoms with E-state index in [4.69, 9.17) is 18.6 Å². The van der Waals surface area contributed by atoms with Gasteiger partial charge < -0.3 is 23.9 Å². The summed E-state index contributed by atoms with van der Waals surface area (Å²) < 4.78 is 23.9. The summed E-state index contributed by atoms with van der Waals surface area (Å²) in [6.07, 6.45) is 0. The molecule has 0 aliphatic carbocycles. The second-order valence-electron chi connectivity index (χ2n) is 8.50. The van der Waals surface area contributed by atoms with Crippen LogP contribution in [0, 0.1) is 0 Å². The quantitative estimate of drug-likeness (QED) is 0.336. The van der Waals surface area contributed by atoms with Crippen LogP contribution in [0.3, 0.4) is 0 Å². The van der Waals surface area contributed by atoms with Crippen molar-refractivity contribution in [3.05, 3.63) is 93.1 Å². The number of amides is 1. The van der Waals surface area contributed by atoms with Gasteiger partial charge in [-0.2, -0.15) is 0 Å². The minimum Gasteiger partial charge on any atom is -0.497 e. The van der Waals surface area contributed by atoms with Crippen LogP contribution >= 0.6 is 0 Å². The van der Waals surface area contributed by atoms with Crippen LogP contribution in [0.15, 0.2) is 80.7 Å². The van der Waals surface area contributed by atoms with E-state index in [0.29, 0.717) is 39.5 Å². The predicted octanol–water partition coefficient (Wildman–Crippen LogP) is 3.62. The standard InChI is InChI=1S/C28H25N3O7/c1-35-19-11-8-17(9-12-19)15-31-27(33)26-25(20-6-4-5-7-21(20)38-26)30(28(31)34)16-24(32)29-18-10-13-22(36-2)23(14-18)37-3/h4-14H,15-16H2,1-3H3,(H,29,32). The molecule has 0 radical (unpaired) electrons. The van der Waals surface area contributed by atoms with Crippen molar-refractivity contribution >= 4 is 33.7 Å². The van der Waals surface area contributed by atoms with E-state index in [-0.39, 0.29) is 24.2 Å². The van der Waals surface area contributed by atoms with Crippen LogP contribution in [0.1, 0.15) is 5.56 Å². The molecule has 0 atom stereocenters. The predicted molar refractivity (Wildman–Crippen MR) is 143 cm³/mol. The molecule has 194 valence electrons. The zero-order valence-corrected chi connectivity index (χ0v) is 21.0. The molecule has 0 aliphatic heterocycles. The van der Waals surface area contributed by atoms with Crippen molar-refractivity contribution in [2.24, 2.45) is 0 Å². The number of carbonyl (C=O) groups excluding carboxylic acids is 1. The van der Waals surface area contributed by atoms with Gasteiger partial charge >= 0.3 is 5.69 Å². The number of hydrogen-bond donors (Lipinski definition) is 1. The number of ether oxygens (including phenoxy) is 3. The molecule has 0 fully saturated rings. The molecular formula is C28H25N3O7. The number of furan rings is 1. The topological polar surface area (TPSA) is 114 Å². The molecule has 0 aliphatic rings. The summed E-state index contributed by atoms with van der Waals surface area (Å²) in [5, 5.41) is 3.34. The average molecular weight is 516 g/mol. The molecule has 0 saturated carbocycles. The summed E-state index contributed by atoms with van der Waals surface area (Å²) in [7, 11) is 4.57. The monoisotopic (exact) mass is 515 g/mol. The van der Waals surface area contributed by atoms with Gasteiger partial charge in [-0.3, -0.25) is 18.7 Å².